The fourth-order valence-corrected chi connectivity index (χ4v) is 1.76. The molecule has 2 N–H and O–H groups in total. The Bertz CT molecular complexity index is 548. The quantitative estimate of drug-likeness (QED) is 0.782. The first-order valence-electron chi connectivity index (χ1n) is 5.61. The predicted molar refractivity (Wildman–Crippen MR) is 68.0 cm³/mol. The minimum atomic E-state index is -4.72. The zero-order chi connectivity index (χ0) is 16.2. The van der Waals surface area contributed by atoms with E-state index in [2.05, 4.69) is 15.9 Å². The van der Waals surface area contributed by atoms with Gasteiger partial charge in [-0.25, -0.2) is 9.18 Å². The molecule has 0 fully saturated rings. The minimum absolute atomic E-state index is 0.173. The fraction of sp³-hybridized carbons (Fsp3) is 0.333. The number of hydrogen-bond donors (Lipinski definition) is 2. The summed E-state index contributed by atoms with van der Waals surface area (Å²) in [5, 5.41) is 10.4. The van der Waals surface area contributed by atoms with Gasteiger partial charge in [0.25, 0.3) is 0 Å². The molecule has 0 saturated carbocycles. The number of halogens is 5. The lowest BCUT2D eigenvalue weighted by Gasteiger charge is -2.16. The number of amides is 1. The molecule has 0 aromatic heterocycles. The van der Waals surface area contributed by atoms with Crippen LogP contribution in [0.4, 0.5) is 17.6 Å². The summed E-state index contributed by atoms with van der Waals surface area (Å²) in [6, 6.07) is 1.69. The van der Waals surface area contributed by atoms with E-state index in [4.69, 9.17) is 5.11 Å². The van der Waals surface area contributed by atoms with Gasteiger partial charge in [-0.15, -0.1) is 0 Å². The molecular formula is C12H10BrF4NO3. The van der Waals surface area contributed by atoms with Crippen LogP contribution in [0.2, 0.25) is 0 Å². The molecule has 1 aromatic carbocycles. The Balaban J connectivity index is 2.69. The summed E-state index contributed by atoms with van der Waals surface area (Å²) in [6.07, 6.45) is -6.82. The van der Waals surface area contributed by atoms with Crippen LogP contribution in [-0.2, 0) is 16.0 Å². The number of hydrogen-bond acceptors (Lipinski definition) is 2. The Hall–Kier alpha value is -1.64. The van der Waals surface area contributed by atoms with Crippen molar-refractivity contribution in [3.63, 3.8) is 0 Å². The Morgan fingerprint density at radius 3 is 2.43 bits per heavy atom. The third-order valence-corrected chi connectivity index (χ3v) is 3.06. The molecule has 1 aromatic rings. The first-order valence-corrected chi connectivity index (χ1v) is 6.40. The number of rotatable bonds is 5. The smallest absolute Gasteiger partial charge is 0.391 e. The third kappa shape index (κ3) is 6.11. The summed E-state index contributed by atoms with van der Waals surface area (Å²) in [5.74, 6) is -3.36. The third-order valence-electron chi connectivity index (χ3n) is 2.42. The Kier molecular flexibility index (Phi) is 5.70. The topological polar surface area (TPSA) is 66.4 Å². The van der Waals surface area contributed by atoms with Crippen LogP contribution in [0.1, 0.15) is 12.0 Å². The first kappa shape index (κ1) is 17.4. The summed E-state index contributed by atoms with van der Waals surface area (Å²) in [4.78, 5) is 22.2. The van der Waals surface area contributed by atoms with Crippen molar-refractivity contribution >= 4 is 27.8 Å². The van der Waals surface area contributed by atoms with Crippen LogP contribution in [0.3, 0.4) is 0 Å². The fourth-order valence-electron chi connectivity index (χ4n) is 1.51. The van der Waals surface area contributed by atoms with Crippen LogP contribution in [-0.4, -0.2) is 29.2 Å². The van der Waals surface area contributed by atoms with Gasteiger partial charge in [0.05, 0.1) is 17.3 Å². The molecule has 0 aliphatic heterocycles. The molecule has 0 heterocycles. The highest BCUT2D eigenvalue weighted by Gasteiger charge is 2.36. The van der Waals surface area contributed by atoms with Crippen LogP contribution < -0.4 is 5.32 Å². The lowest BCUT2D eigenvalue weighted by atomic mass is 10.1. The summed E-state index contributed by atoms with van der Waals surface area (Å²) in [5.41, 5.74) is 0.212. The number of carboxylic acids is 1. The van der Waals surface area contributed by atoms with Crippen LogP contribution >= 0.6 is 15.9 Å². The van der Waals surface area contributed by atoms with Gasteiger partial charge in [-0.05, 0) is 33.6 Å². The van der Waals surface area contributed by atoms with Gasteiger partial charge >= 0.3 is 12.1 Å². The van der Waals surface area contributed by atoms with Gasteiger partial charge in [0.1, 0.15) is 11.9 Å². The standard InChI is InChI=1S/C12H10BrF4NO3/c13-7-2-1-6(3-8(7)14)4-10(19)18-9(11(20)21)5-12(15,16)17/h1-3,9H,4-5H2,(H,18,19)(H,20,21). The highest BCUT2D eigenvalue weighted by Crippen LogP contribution is 2.22. The second-order valence-corrected chi connectivity index (χ2v) is 5.06. The Morgan fingerprint density at radius 2 is 1.95 bits per heavy atom. The number of carbonyl (C=O) groups excluding carboxylic acids is 1. The van der Waals surface area contributed by atoms with Gasteiger partial charge < -0.3 is 10.4 Å². The average Bonchev–Trinajstić information content (AvgIpc) is 2.31. The molecule has 1 amide bonds. The number of benzene rings is 1. The number of carbonyl (C=O) groups is 2. The molecular weight excluding hydrogens is 362 g/mol. The lowest BCUT2D eigenvalue weighted by molar-refractivity contribution is -0.159. The first-order chi connectivity index (χ1) is 9.58. The Labute approximate surface area is 125 Å². The van der Waals surface area contributed by atoms with E-state index in [1.807, 2.05) is 0 Å². The molecule has 1 atom stereocenters. The summed E-state index contributed by atoms with van der Waals surface area (Å²) in [6.45, 7) is 0. The molecule has 116 valence electrons. The summed E-state index contributed by atoms with van der Waals surface area (Å²) < 4.78 is 49.9. The largest absolute Gasteiger partial charge is 0.480 e. The van der Waals surface area contributed by atoms with Crippen molar-refractivity contribution in [3.05, 3.63) is 34.1 Å². The maximum Gasteiger partial charge on any atom is 0.391 e. The zero-order valence-corrected chi connectivity index (χ0v) is 12.0. The molecule has 0 saturated heterocycles. The van der Waals surface area contributed by atoms with E-state index < -0.39 is 42.8 Å². The summed E-state index contributed by atoms with van der Waals surface area (Å²) in [7, 11) is 0. The molecule has 0 aliphatic carbocycles. The van der Waals surface area contributed by atoms with Crippen molar-refractivity contribution in [1.29, 1.82) is 0 Å². The van der Waals surface area contributed by atoms with E-state index in [9.17, 15) is 27.2 Å². The van der Waals surface area contributed by atoms with Gasteiger partial charge in [-0.1, -0.05) is 6.07 Å². The van der Waals surface area contributed by atoms with E-state index in [0.29, 0.717) is 0 Å². The minimum Gasteiger partial charge on any atom is -0.480 e. The van der Waals surface area contributed by atoms with Gasteiger partial charge in [-0.3, -0.25) is 4.79 Å². The van der Waals surface area contributed by atoms with E-state index >= 15 is 0 Å². The molecule has 1 unspecified atom stereocenters. The van der Waals surface area contributed by atoms with Crippen molar-refractivity contribution in [2.75, 3.05) is 0 Å². The second kappa shape index (κ2) is 6.88. The van der Waals surface area contributed by atoms with E-state index in [-0.39, 0.29) is 10.0 Å². The molecule has 4 nitrogen and oxygen atoms in total. The molecule has 0 aliphatic rings. The molecule has 9 heteroatoms. The van der Waals surface area contributed by atoms with Gasteiger partial charge in [0, 0.05) is 0 Å². The van der Waals surface area contributed by atoms with Crippen LogP contribution in [0.15, 0.2) is 22.7 Å². The van der Waals surface area contributed by atoms with Crippen molar-refractivity contribution in [3.8, 4) is 0 Å². The van der Waals surface area contributed by atoms with Crippen molar-refractivity contribution in [2.24, 2.45) is 0 Å². The highest BCUT2D eigenvalue weighted by molar-refractivity contribution is 9.10. The van der Waals surface area contributed by atoms with Crippen molar-refractivity contribution in [1.82, 2.24) is 5.32 Å². The van der Waals surface area contributed by atoms with Crippen LogP contribution in [0.5, 0.6) is 0 Å². The second-order valence-electron chi connectivity index (χ2n) is 4.20. The SMILES string of the molecule is O=C(Cc1ccc(Br)c(F)c1)NC(CC(F)(F)F)C(=O)O. The van der Waals surface area contributed by atoms with E-state index in [1.54, 1.807) is 5.32 Å². The highest BCUT2D eigenvalue weighted by atomic mass is 79.9. The van der Waals surface area contributed by atoms with Crippen LogP contribution in [0.25, 0.3) is 0 Å². The molecule has 21 heavy (non-hydrogen) atoms. The van der Waals surface area contributed by atoms with Crippen molar-refractivity contribution in [2.45, 2.75) is 25.1 Å². The zero-order valence-electron chi connectivity index (χ0n) is 10.4. The predicted octanol–water partition coefficient (Wildman–Crippen LogP) is 2.65. The maximum atomic E-state index is 13.2. The lowest BCUT2D eigenvalue weighted by Crippen LogP contribution is -2.44. The number of carboxylic acid groups (broad SMARTS) is 1. The summed E-state index contributed by atoms with van der Waals surface area (Å²) >= 11 is 2.91. The molecule has 0 radical (unpaired) electrons. The molecule has 0 spiro atoms. The molecule has 1 rings (SSSR count). The Morgan fingerprint density at radius 1 is 1.33 bits per heavy atom. The average molecular weight is 372 g/mol. The van der Waals surface area contributed by atoms with Crippen molar-refractivity contribution < 1.29 is 32.3 Å². The monoisotopic (exact) mass is 371 g/mol. The van der Waals surface area contributed by atoms with Crippen LogP contribution in [0, 0.1) is 5.82 Å². The number of aliphatic carboxylic acids is 1. The van der Waals surface area contributed by atoms with Gasteiger partial charge in [-0.2, -0.15) is 13.2 Å². The van der Waals surface area contributed by atoms with Gasteiger partial charge in [0.2, 0.25) is 5.91 Å². The van der Waals surface area contributed by atoms with E-state index in [0.717, 1.165) is 6.07 Å². The number of alkyl halides is 3. The molecule has 0 bridgehead atoms. The van der Waals surface area contributed by atoms with Gasteiger partial charge in [0.15, 0.2) is 0 Å². The number of nitrogens with one attached hydrogen (secondary N) is 1. The maximum absolute atomic E-state index is 13.2. The normalized spacial score (nSPS) is 12.8. The van der Waals surface area contributed by atoms with E-state index in [1.165, 1.54) is 12.1 Å².